The molecule has 0 aliphatic rings. The van der Waals surface area contributed by atoms with Crippen molar-refractivity contribution in [3.63, 3.8) is 0 Å². The molecule has 0 radical (unpaired) electrons. The third-order valence-electron chi connectivity index (χ3n) is 3.43. The monoisotopic (exact) mass is 444 g/mol. The molecule has 0 saturated carbocycles. The van der Waals surface area contributed by atoms with Crippen LogP contribution in [0.4, 0.5) is 5.69 Å². The van der Waals surface area contributed by atoms with E-state index in [-0.39, 0.29) is 15.6 Å². The summed E-state index contributed by atoms with van der Waals surface area (Å²) in [6.07, 6.45) is 0.315. The number of nitrogens with one attached hydrogen (secondary N) is 1. The van der Waals surface area contributed by atoms with Crippen molar-refractivity contribution in [1.82, 2.24) is 0 Å². The second kappa shape index (κ2) is 8.67. The molecular formula is C17H15BrCl2N2O3. The third-order valence-corrected chi connectivity index (χ3v) is 4.72. The van der Waals surface area contributed by atoms with Crippen LogP contribution in [0.3, 0.4) is 0 Å². The van der Waals surface area contributed by atoms with Crippen LogP contribution >= 0.6 is 39.1 Å². The number of rotatable bonds is 5. The van der Waals surface area contributed by atoms with Gasteiger partial charge in [-0.3, -0.25) is 9.59 Å². The summed E-state index contributed by atoms with van der Waals surface area (Å²) < 4.78 is 5.24. The van der Waals surface area contributed by atoms with Crippen molar-refractivity contribution in [2.24, 2.45) is 5.73 Å². The van der Waals surface area contributed by atoms with Crippen LogP contribution in [0.1, 0.15) is 15.9 Å². The quantitative estimate of drug-likeness (QED) is 0.680. The lowest BCUT2D eigenvalue weighted by Crippen LogP contribution is -2.33. The Morgan fingerprint density at radius 2 is 1.88 bits per heavy atom. The summed E-state index contributed by atoms with van der Waals surface area (Å²) in [4.78, 5) is 23.8. The van der Waals surface area contributed by atoms with Gasteiger partial charge >= 0.3 is 5.97 Å². The van der Waals surface area contributed by atoms with Gasteiger partial charge < -0.3 is 15.8 Å². The maximum atomic E-state index is 12.4. The minimum absolute atomic E-state index is 0.203. The average molecular weight is 446 g/mol. The topological polar surface area (TPSA) is 81.4 Å². The molecule has 0 fully saturated rings. The molecule has 2 rings (SSSR count). The molecule has 0 heterocycles. The minimum Gasteiger partial charge on any atom is -0.468 e. The Morgan fingerprint density at radius 3 is 2.44 bits per heavy atom. The maximum Gasteiger partial charge on any atom is 0.322 e. The van der Waals surface area contributed by atoms with E-state index in [9.17, 15) is 9.59 Å². The summed E-state index contributed by atoms with van der Waals surface area (Å²) in [5.74, 6) is -0.905. The first-order valence-corrected chi connectivity index (χ1v) is 8.75. The van der Waals surface area contributed by atoms with Gasteiger partial charge in [0.05, 0.1) is 28.4 Å². The van der Waals surface area contributed by atoms with Crippen LogP contribution in [0.25, 0.3) is 0 Å². The van der Waals surface area contributed by atoms with Gasteiger partial charge in [-0.2, -0.15) is 0 Å². The molecule has 0 bridgehead atoms. The second-order valence-corrected chi connectivity index (χ2v) is 6.87. The number of carbonyl (C=O) groups is 2. The van der Waals surface area contributed by atoms with Crippen molar-refractivity contribution >= 4 is 56.7 Å². The van der Waals surface area contributed by atoms with Gasteiger partial charge in [-0.05, 0) is 52.2 Å². The van der Waals surface area contributed by atoms with Crippen LogP contribution in [-0.2, 0) is 16.0 Å². The number of anilines is 1. The van der Waals surface area contributed by atoms with E-state index >= 15 is 0 Å². The van der Waals surface area contributed by atoms with Crippen LogP contribution < -0.4 is 11.1 Å². The highest BCUT2D eigenvalue weighted by atomic mass is 79.9. The van der Waals surface area contributed by atoms with Gasteiger partial charge in [0.15, 0.2) is 0 Å². The van der Waals surface area contributed by atoms with E-state index in [0.717, 1.165) is 5.56 Å². The predicted molar refractivity (Wildman–Crippen MR) is 102 cm³/mol. The smallest absolute Gasteiger partial charge is 0.322 e. The largest absolute Gasteiger partial charge is 0.468 e. The molecule has 1 unspecified atom stereocenters. The molecule has 5 nitrogen and oxygen atoms in total. The predicted octanol–water partition coefficient (Wildman–Crippen LogP) is 4.05. The normalized spacial score (nSPS) is 11.7. The van der Waals surface area contributed by atoms with E-state index in [1.165, 1.54) is 7.11 Å². The van der Waals surface area contributed by atoms with Gasteiger partial charge in [0, 0.05) is 4.47 Å². The van der Waals surface area contributed by atoms with Crippen LogP contribution in [0.5, 0.6) is 0 Å². The molecule has 0 aromatic heterocycles. The highest BCUT2D eigenvalue weighted by molar-refractivity contribution is 9.10. The van der Waals surface area contributed by atoms with Crippen molar-refractivity contribution < 1.29 is 14.3 Å². The van der Waals surface area contributed by atoms with Crippen molar-refractivity contribution in [1.29, 1.82) is 0 Å². The average Bonchev–Trinajstić information content (AvgIpc) is 2.56. The zero-order chi connectivity index (χ0) is 18.6. The lowest BCUT2D eigenvalue weighted by atomic mass is 10.1. The zero-order valence-corrected chi connectivity index (χ0v) is 16.3. The highest BCUT2D eigenvalue weighted by Crippen LogP contribution is 2.28. The molecule has 0 saturated heterocycles. The van der Waals surface area contributed by atoms with Gasteiger partial charge in [0.25, 0.3) is 5.91 Å². The number of amides is 1. The number of hydrogen-bond donors (Lipinski definition) is 2. The minimum atomic E-state index is -0.751. The first-order chi connectivity index (χ1) is 11.8. The van der Waals surface area contributed by atoms with Gasteiger partial charge in [0.1, 0.15) is 6.04 Å². The van der Waals surface area contributed by atoms with Crippen molar-refractivity contribution in [2.45, 2.75) is 12.5 Å². The Balaban J connectivity index is 2.16. The van der Waals surface area contributed by atoms with Gasteiger partial charge in [0.2, 0.25) is 0 Å². The number of hydrogen-bond acceptors (Lipinski definition) is 4. The molecule has 2 aromatic rings. The first-order valence-electron chi connectivity index (χ1n) is 7.20. The zero-order valence-electron chi connectivity index (χ0n) is 13.2. The van der Waals surface area contributed by atoms with Crippen molar-refractivity contribution in [2.75, 3.05) is 12.4 Å². The molecule has 3 N–H and O–H groups in total. The lowest BCUT2D eigenvalue weighted by molar-refractivity contribution is -0.142. The Morgan fingerprint density at radius 1 is 1.24 bits per heavy atom. The van der Waals surface area contributed by atoms with E-state index < -0.39 is 17.9 Å². The number of benzene rings is 2. The van der Waals surface area contributed by atoms with Gasteiger partial charge in [-0.25, -0.2) is 0 Å². The van der Waals surface area contributed by atoms with Crippen LogP contribution in [0.2, 0.25) is 10.0 Å². The van der Waals surface area contributed by atoms with Gasteiger partial charge in [-0.1, -0.05) is 35.3 Å². The van der Waals surface area contributed by atoms with Crippen molar-refractivity contribution in [3.05, 3.63) is 62.0 Å². The summed E-state index contributed by atoms with van der Waals surface area (Å²) >= 11 is 15.5. The third kappa shape index (κ3) is 4.95. The van der Waals surface area contributed by atoms with Crippen LogP contribution in [0.15, 0.2) is 40.9 Å². The van der Waals surface area contributed by atoms with E-state index in [2.05, 4.69) is 26.0 Å². The molecule has 0 spiro atoms. The molecule has 0 aliphatic carbocycles. The molecule has 25 heavy (non-hydrogen) atoms. The van der Waals surface area contributed by atoms with Crippen LogP contribution in [-0.4, -0.2) is 25.0 Å². The molecule has 8 heteroatoms. The molecule has 1 amide bonds. The number of ether oxygens (including phenoxy) is 1. The Bertz CT molecular complexity index is 794. The number of carbonyl (C=O) groups excluding carboxylic acids is 2. The Hall–Kier alpha value is -1.60. The summed E-state index contributed by atoms with van der Waals surface area (Å²) in [6, 6.07) is 9.33. The first kappa shape index (κ1) is 19.7. The number of methoxy groups -OCH3 is 1. The standard InChI is InChI=1S/C17H15BrCl2N2O3/c1-25-17(24)13(21)8-9-5-6-14(10(18)7-9)22-16(23)15-11(19)3-2-4-12(15)20/h2-7,13H,8,21H2,1H3,(H,22,23). The van der Waals surface area contributed by atoms with Crippen molar-refractivity contribution in [3.8, 4) is 0 Å². The number of esters is 1. The maximum absolute atomic E-state index is 12.4. The fourth-order valence-electron chi connectivity index (χ4n) is 2.18. The lowest BCUT2D eigenvalue weighted by Gasteiger charge is -2.13. The highest BCUT2D eigenvalue weighted by Gasteiger charge is 2.17. The molecule has 1 atom stereocenters. The van der Waals surface area contributed by atoms with E-state index in [1.807, 2.05) is 0 Å². The molecule has 2 aromatic carbocycles. The Kier molecular flexibility index (Phi) is 6.84. The fraction of sp³-hybridized carbons (Fsp3) is 0.176. The van der Waals surface area contributed by atoms with E-state index in [1.54, 1.807) is 36.4 Å². The summed E-state index contributed by atoms with van der Waals surface area (Å²) in [7, 11) is 1.29. The fourth-order valence-corrected chi connectivity index (χ4v) is 3.27. The van der Waals surface area contributed by atoms with E-state index in [4.69, 9.17) is 28.9 Å². The van der Waals surface area contributed by atoms with Gasteiger partial charge in [-0.15, -0.1) is 0 Å². The number of nitrogens with two attached hydrogens (primary N) is 1. The summed E-state index contributed by atoms with van der Waals surface area (Å²) in [6.45, 7) is 0. The molecule has 132 valence electrons. The SMILES string of the molecule is COC(=O)C(N)Cc1ccc(NC(=O)c2c(Cl)cccc2Cl)c(Br)c1. The Labute approximate surface area is 163 Å². The van der Waals surface area contributed by atoms with E-state index in [0.29, 0.717) is 16.6 Å². The molecule has 0 aliphatic heterocycles. The number of halogens is 3. The van der Waals surface area contributed by atoms with Crippen LogP contribution in [0, 0.1) is 0 Å². The summed E-state index contributed by atoms with van der Waals surface area (Å²) in [5.41, 5.74) is 7.31. The molecular weight excluding hydrogens is 431 g/mol. The second-order valence-electron chi connectivity index (χ2n) is 5.20. The summed E-state index contributed by atoms with van der Waals surface area (Å²) in [5, 5.41) is 3.28.